The molecule has 23 heavy (non-hydrogen) atoms. The molecule has 1 heterocycles. The van der Waals surface area contributed by atoms with Gasteiger partial charge >= 0.3 is 0 Å². The summed E-state index contributed by atoms with van der Waals surface area (Å²) in [5.41, 5.74) is 0.868. The van der Waals surface area contributed by atoms with Gasteiger partial charge < -0.3 is 10.2 Å². The standard InChI is InChI=1S/C18H23ClN2O2/c19-15-6-3-5-14(13-15)18(9-10-18)20-16(22)7-4-12-21-11-2-1-8-17(21)23/h3,5-6,13H,1-2,4,7-12H2,(H,20,22). The van der Waals surface area contributed by atoms with Gasteiger partial charge in [-0.05, 0) is 49.8 Å². The van der Waals surface area contributed by atoms with Gasteiger partial charge in [0.2, 0.25) is 11.8 Å². The Bertz CT molecular complexity index is 598. The van der Waals surface area contributed by atoms with Crippen molar-refractivity contribution in [3.8, 4) is 0 Å². The molecule has 124 valence electrons. The number of benzene rings is 1. The van der Waals surface area contributed by atoms with Gasteiger partial charge in [-0.2, -0.15) is 0 Å². The largest absolute Gasteiger partial charge is 0.347 e. The zero-order valence-electron chi connectivity index (χ0n) is 13.3. The molecule has 0 atom stereocenters. The van der Waals surface area contributed by atoms with Crippen molar-refractivity contribution in [3.05, 3.63) is 34.9 Å². The molecule has 5 heteroatoms. The van der Waals surface area contributed by atoms with Crippen molar-refractivity contribution in [1.29, 1.82) is 0 Å². The molecule has 1 saturated carbocycles. The normalized spacial score (nSPS) is 19.5. The third-order valence-electron chi connectivity index (χ3n) is 4.76. The summed E-state index contributed by atoms with van der Waals surface area (Å²) in [6, 6.07) is 7.72. The van der Waals surface area contributed by atoms with Crippen molar-refractivity contribution >= 4 is 23.4 Å². The summed E-state index contributed by atoms with van der Waals surface area (Å²) >= 11 is 6.05. The van der Waals surface area contributed by atoms with E-state index in [1.165, 1.54) is 0 Å². The predicted molar refractivity (Wildman–Crippen MR) is 90.2 cm³/mol. The third kappa shape index (κ3) is 4.05. The zero-order chi connectivity index (χ0) is 16.3. The number of likely N-dealkylation sites (tertiary alicyclic amines) is 1. The Morgan fingerprint density at radius 1 is 1.30 bits per heavy atom. The van der Waals surface area contributed by atoms with Crippen molar-refractivity contribution < 1.29 is 9.59 Å². The Morgan fingerprint density at radius 3 is 2.83 bits per heavy atom. The fourth-order valence-electron chi connectivity index (χ4n) is 3.26. The Labute approximate surface area is 142 Å². The second kappa shape index (κ2) is 6.91. The lowest BCUT2D eigenvalue weighted by atomic mass is 10.0. The Morgan fingerprint density at radius 2 is 2.13 bits per heavy atom. The average molecular weight is 335 g/mol. The number of carbonyl (C=O) groups excluding carboxylic acids is 2. The van der Waals surface area contributed by atoms with Crippen LogP contribution >= 0.6 is 11.6 Å². The van der Waals surface area contributed by atoms with Crippen molar-refractivity contribution in [3.63, 3.8) is 0 Å². The quantitative estimate of drug-likeness (QED) is 0.868. The summed E-state index contributed by atoms with van der Waals surface area (Å²) < 4.78 is 0. The monoisotopic (exact) mass is 334 g/mol. The second-order valence-corrected chi connectivity index (χ2v) is 7.02. The van der Waals surface area contributed by atoms with E-state index in [0.717, 1.165) is 44.2 Å². The summed E-state index contributed by atoms with van der Waals surface area (Å²) in [5.74, 6) is 0.293. The number of nitrogens with one attached hydrogen (secondary N) is 1. The van der Waals surface area contributed by atoms with E-state index in [-0.39, 0.29) is 17.4 Å². The molecule has 0 radical (unpaired) electrons. The highest BCUT2D eigenvalue weighted by Gasteiger charge is 2.45. The molecule has 2 fully saturated rings. The molecule has 1 aliphatic carbocycles. The fraction of sp³-hybridized carbons (Fsp3) is 0.556. The van der Waals surface area contributed by atoms with Crippen LogP contribution in [0.5, 0.6) is 0 Å². The molecule has 2 aliphatic rings. The summed E-state index contributed by atoms with van der Waals surface area (Å²) in [5, 5.41) is 3.86. The average Bonchev–Trinajstić information content (AvgIpc) is 3.30. The van der Waals surface area contributed by atoms with E-state index >= 15 is 0 Å². The molecule has 0 bridgehead atoms. The maximum Gasteiger partial charge on any atom is 0.222 e. The van der Waals surface area contributed by atoms with Crippen LogP contribution in [0.25, 0.3) is 0 Å². The first-order valence-electron chi connectivity index (χ1n) is 8.44. The SMILES string of the molecule is O=C(CCCN1CCCCC1=O)NC1(c2cccc(Cl)c2)CC1. The van der Waals surface area contributed by atoms with E-state index in [9.17, 15) is 9.59 Å². The minimum Gasteiger partial charge on any atom is -0.347 e. The number of nitrogens with zero attached hydrogens (tertiary/aromatic N) is 1. The summed E-state index contributed by atoms with van der Waals surface area (Å²) in [6.07, 6.45) is 5.85. The minimum atomic E-state index is -0.219. The first kappa shape index (κ1) is 16.3. The highest BCUT2D eigenvalue weighted by atomic mass is 35.5. The van der Waals surface area contributed by atoms with E-state index in [4.69, 9.17) is 11.6 Å². The Hall–Kier alpha value is -1.55. The molecule has 4 nitrogen and oxygen atoms in total. The summed E-state index contributed by atoms with van der Waals surface area (Å²) in [6.45, 7) is 1.53. The van der Waals surface area contributed by atoms with Crippen LogP contribution in [0.1, 0.15) is 50.5 Å². The maximum absolute atomic E-state index is 12.2. The van der Waals surface area contributed by atoms with E-state index in [1.54, 1.807) is 0 Å². The van der Waals surface area contributed by atoms with Gasteiger partial charge in [-0.25, -0.2) is 0 Å². The van der Waals surface area contributed by atoms with Gasteiger partial charge in [-0.15, -0.1) is 0 Å². The van der Waals surface area contributed by atoms with Crippen molar-refractivity contribution in [2.24, 2.45) is 0 Å². The topological polar surface area (TPSA) is 49.4 Å². The van der Waals surface area contributed by atoms with E-state index in [0.29, 0.717) is 24.4 Å². The molecule has 1 aromatic rings. The van der Waals surface area contributed by atoms with Crippen LogP contribution in [0.2, 0.25) is 5.02 Å². The van der Waals surface area contributed by atoms with Gasteiger partial charge in [0.1, 0.15) is 0 Å². The molecule has 0 unspecified atom stereocenters. The van der Waals surface area contributed by atoms with Crippen LogP contribution in [-0.4, -0.2) is 29.8 Å². The molecule has 1 aromatic carbocycles. The predicted octanol–water partition coefficient (Wildman–Crippen LogP) is 3.24. The van der Waals surface area contributed by atoms with Gasteiger partial charge in [0.15, 0.2) is 0 Å². The molecule has 0 spiro atoms. The number of halogens is 1. The summed E-state index contributed by atoms with van der Waals surface area (Å²) in [7, 11) is 0. The lowest BCUT2D eigenvalue weighted by Crippen LogP contribution is -2.38. The van der Waals surface area contributed by atoms with Gasteiger partial charge in [0.05, 0.1) is 5.54 Å². The number of hydrogen-bond acceptors (Lipinski definition) is 2. The minimum absolute atomic E-state index is 0.0620. The molecule has 0 aromatic heterocycles. The van der Waals surface area contributed by atoms with Crippen LogP contribution in [0.15, 0.2) is 24.3 Å². The number of amides is 2. The van der Waals surface area contributed by atoms with E-state index in [1.807, 2.05) is 29.2 Å². The molecule has 3 rings (SSSR count). The van der Waals surface area contributed by atoms with E-state index < -0.39 is 0 Å². The maximum atomic E-state index is 12.2. The van der Waals surface area contributed by atoms with E-state index in [2.05, 4.69) is 5.32 Å². The van der Waals surface area contributed by atoms with Gasteiger partial charge in [0.25, 0.3) is 0 Å². The molecular formula is C18H23ClN2O2. The third-order valence-corrected chi connectivity index (χ3v) is 4.99. The van der Waals surface area contributed by atoms with Crippen LogP contribution in [0, 0.1) is 0 Å². The molecule has 1 N–H and O–H groups in total. The molecule has 1 aliphatic heterocycles. The van der Waals surface area contributed by atoms with Crippen molar-refractivity contribution in [2.75, 3.05) is 13.1 Å². The Balaban J connectivity index is 1.47. The van der Waals surface area contributed by atoms with Gasteiger partial charge in [-0.1, -0.05) is 23.7 Å². The molecule has 1 saturated heterocycles. The van der Waals surface area contributed by atoms with Crippen molar-refractivity contribution in [2.45, 2.75) is 50.5 Å². The van der Waals surface area contributed by atoms with Gasteiger partial charge in [0, 0.05) is 31.0 Å². The zero-order valence-corrected chi connectivity index (χ0v) is 14.1. The number of hydrogen-bond donors (Lipinski definition) is 1. The van der Waals surface area contributed by atoms with Crippen molar-refractivity contribution in [1.82, 2.24) is 10.2 Å². The highest BCUT2D eigenvalue weighted by molar-refractivity contribution is 6.30. The van der Waals surface area contributed by atoms with Crippen LogP contribution in [0.4, 0.5) is 0 Å². The Kier molecular flexibility index (Phi) is 4.90. The molecular weight excluding hydrogens is 312 g/mol. The van der Waals surface area contributed by atoms with Crippen LogP contribution in [0.3, 0.4) is 0 Å². The van der Waals surface area contributed by atoms with Crippen LogP contribution < -0.4 is 5.32 Å². The lowest BCUT2D eigenvalue weighted by Gasteiger charge is -2.26. The fourth-order valence-corrected chi connectivity index (χ4v) is 3.45. The summed E-state index contributed by atoms with van der Waals surface area (Å²) in [4.78, 5) is 25.9. The van der Waals surface area contributed by atoms with Crippen LogP contribution in [-0.2, 0) is 15.1 Å². The molecule has 2 amide bonds. The number of piperidine rings is 1. The lowest BCUT2D eigenvalue weighted by molar-refractivity contribution is -0.133. The smallest absolute Gasteiger partial charge is 0.222 e. The van der Waals surface area contributed by atoms with Gasteiger partial charge in [-0.3, -0.25) is 9.59 Å². The first-order valence-corrected chi connectivity index (χ1v) is 8.82. The number of carbonyl (C=O) groups is 2. The first-order chi connectivity index (χ1) is 11.1. The highest BCUT2D eigenvalue weighted by Crippen LogP contribution is 2.46. The number of rotatable bonds is 6. The second-order valence-electron chi connectivity index (χ2n) is 6.58.